The van der Waals surface area contributed by atoms with Gasteiger partial charge in [0.25, 0.3) is 5.91 Å². The van der Waals surface area contributed by atoms with Crippen LogP contribution in [0.15, 0.2) is 59.1 Å². The van der Waals surface area contributed by atoms with E-state index in [-0.39, 0.29) is 30.7 Å². The number of rotatable bonds is 10. The van der Waals surface area contributed by atoms with E-state index < -0.39 is 0 Å². The molecule has 0 bridgehead atoms. The molecule has 0 unspecified atom stereocenters. The summed E-state index contributed by atoms with van der Waals surface area (Å²) in [4.78, 5) is 35.5. The molecule has 0 spiro atoms. The molecule has 0 aliphatic rings. The van der Waals surface area contributed by atoms with Crippen molar-refractivity contribution in [2.75, 3.05) is 13.2 Å². The molecule has 0 aromatic heterocycles. The molecule has 5 nitrogen and oxygen atoms in total. The summed E-state index contributed by atoms with van der Waals surface area (Å²) in [6, 6.07) is 15.9. The lowest BCUT2D eigenvalue weighted by Crippen LogP contribution is -2.24. The highest BCUT2D eigenvalue weighted by molar-refractivity contribution is 9.10. The van der Waals surface area contributed by atoms with Crippen LogP contribution in [-0.4, -0.2) is 30.8 Å². The number of halogens is 1. The molecule has 2 aromatic rings. The molecule has 0 fully saturated rings. The van der Waals surface area contributed by atoms with E-state index in [9.17, 15) is 14.4 Å². The van der Waals surface area contributed by atoms with Crippen LogP contribution in [0.25, 0.3) is 0 Å². The Morgan fingerprint density at radius 2 is 1.56 bits per heavy atom. The number of Topliss-reactive ketones (excluding diaryl/α,β-unsaturated/α-hetero) is 1. The van der Waals surface area contributed by atoms with Crippen LogP contribution >= 0.6 is 15.9 Å². The largest absolute Gasteiger partial charge is 0.457 e. The fourth-order valence-corrected chi connectivity index (χ4v) is 2.67. The number of nitrogens with one attached hydrogen (secondary N) is 1. The maximum atomic E-state index is 11.9. The van der Waals surface area contributed by atoms with Gasteiger partial charge in [-0.3, -0.25) is 14.4 Å². The lowest BCUT2D eigenvalue weighted by atomic mass is 10.1. The van der Waals surface area contributed by atoms with Crippen molar-refractivity contribution in [3.8, 4) is 0 Å². The van der Waals surface area contributed by atoms with Crippen molar-refractivity contribution in [2.24, 2.45) is 0 Å². The summed E-state index contributed by atoms with van der Waals surface area (Å²) in [7, 11) is 0. The second kappa shape index (κ2) is 11.3. The SMILES string of the molecule is O=C(CCCCCNC(=O)c1ccccc1)OCC(=O)c1ccc(Br)cc1. The third-order valence-corrected chi connectivity index (χ3v) is 4.44. The highest BCUT2D eigenvalue weighted by Gasteiger charge is 2.10. The Labute approximate surface area is 167 Å². The van der Waals surface area contributed by atoms with Gasteiger partial charge in [-0.05, 0) is 37.1 Å². The van der Waals surface area contributed by atoms with Gasteiger partial charge in [-0.25, -0.2) is 0 Å². The zero-order valence-corrected chi connectivity index (χ0v) is 16.5. The molecule has 0 aliphatic heterocycles. The average molecular weight is 432 g/mol. The van der Waals surface area contributed by atoms with Gasteiger partial charge in [0.15, 0.2) is 12.4 Å². The lowest BCUT2D eigenvalue weighted by molar-refractivity contribution is -0.142. The van der Waals surface area contributed by atoms with Crippen molar-refractivity contribution >= 4 is 33.6 Å². The molecule has 0 radical (unpaired) electrons. The molecule has 0 heterocycles. The van der Waals surface area contributed by atoms with Crippen molar-refractivity contribution in [3.05, 3.63) is 70.2 Å². The third kappa shape index (κ3) is 7.74. The minimum absolute atomic E-state index is 0.0959. The molecule has 1 N–H and O–H groups in total. The lowest BCUT2D eigenvalue weighted by Gasteiger charge is -2.06. The molecule has 27 heavy (non-hydrogen) atoms. The number of unbranched alkanes of at least 4 members (excludes halogenated alkanes) is 2. The average Bonchev–Trinajstić information content (AvgIpc) is 2.69. The smallest absolute Gasteiger partial charge is 0.306 e. The summed E-state index contributed by atoms with van der Waals surface area (Å²) < 4.78 is 5.91. The molecular weight excluding hydrogens is 410 g/mol. The first-order valence-electron chi connectivity index (χ1n) is 8.84. The van der Waals surface area contributed by atoms with Gasteiger partial charge in [-0.2, -0.15) is 0 Å². The molecule has 2 rings (SSSR count). The van der Waals surface area contributed by atoms with Crippen LogP contribution in [0.1, 0.15) is 46.4 Å². The Morgan fingerprint density at radius 3 is 2.26 bits per heavy atom. The first-order chi connectivity index (χ1) is 13.1. The summed E-state index contributed by atoms with van der Waals surface area (Å²) in [6.07, 6.45) is 2.50. The summed E-state index contributed by atoms with van der Waals surface area (Å²) in [5, 5.41) is 2.85. The number of carbonyl (C=O) groups excluding carboxylic acids is 3. The molecule has 0 saturated carbocycles. The topological polar surface area (TPSA) is 72.5 Å². The number of carbonyl (C=O) groups is 3. The molecule has 0 aliphatic carbocycles. The summed E-state index contributed by atoms with van der Waals surface area (Å²) >= 11 is 3.30. The predicted molar refractivity (Wildman–Crippen MR) is 107 cm³/mol. The van der Waals surface area contributed by atoms with E-state index in [4.69, 9.17) is 4.74 Å². The van der Waals surface area contributed by atoms with E-state index in [0.29, 0.717) is 24.1 Å². The van der Waals surface area contributed by atoms with Crippen LogP contribution < -0.4 is 5.32 Å². The fraction of sp³-hybridized carbons (Fsp3) is 0.286. The van der Waals surface area contributed by atoms with Gasteiger partial charge in [-0.15, -0.1) is 0 Å². The van der Waals surface area contributed by atoms with E-state index in [2.05, 4.69) is 21.2 Å². The van der Waals surface area contributed by atoms with E-state index >= 15 is 0 Å². The quantitative estimate of drug-likeness (QED) is 0.348. The summed E-state index contributed by atoms with van der Waals surface area (Å²) in [5.41, 5.74) is 1.15. The Morgan fingerprint density at radius 1 is 0.852 bits per heavy atom. The van der Waals surface area contributed by atoms with Crippen molar-refractivity contribution in [1.29, 1.82) is 0 Å². The number of ether oxygens (including phenoxy) is 1. The second-order valence-electron chi connectivity index (χ2n) is 6.02. The van der Waals surface area contributed by atoms with Crippen LogP contribution in [0, 0.1) is 0 Å². The first kappa shape index (κ1) is 20.8. The fourth-order valence-electron chi connectivity index (χ4n) is 2.40. The molecule has 1 amide bonds. The number of ketones is 1. The Bertz CT molecular complexity index is 760. The molecule has 2 aromatic carbocycles. The van der Waals surface area contributed by atoms with Gasteiger partial charge in [-0.1, -0.05) is 52.7 Å². The first-order valence-corrected chi connectivity index (χ1v) is 9.63. The van der Waals surface area contributed by atoms with Crippen molar-refractivity contribution in [2.45, 2.75) is 25.7 Å². The van der Waals surface area contributed by atoms with Crippen molar-refractivity contribution in [3.63, 3.8) is 0 Å². The predicted octanol–water partition coefficient (Wildman–Crippen LogP) is 4.17. The number of hydrogen-bond acceptors (Lipinski definition) is 4. The van der Waals surface area contributed by atoms with Crippen LogP contribution in [0.3, 0.4) is 0 Å². The normalized spacial score (nSPS) is 10.3. The van der Waals surface area contributed by atoms with E-state index in [1.54, 1.807) is 36.4 Å². The van der Waals surface area contributed by atoms with Crippen LogP contribution in [0.5, 0.6) is 0 Å². The number of benzene rings is 2. The minimum atomic E-state index is -0.381. The van der Waals surface area contributed by atoms with Crippen LogP contribution in [0.4, 0.5) is 0 Å². The Balaban J connectivity index is 1.54. The summed E-state index contributed by atoms with van der Waals surface area (Å²) in [5.74, 6) is -0.699. The number of hydrogen-bond donors (Lipinski definition) is 1. The highest BCUT2D eigenvalue weighted by atomic mass is 79.9. The van der Waals surface area contributed by atoms with E-state index in [0.717, 1.165) is 17.3 Å². The number of amides is 1. The van der Waals surface area contributed by atoms with Crippen molar-refractivity contribution < 1.29 is 19.1 Å². The third-order valence-electron chi connectivity index (χ3n) is 3.91. The van der Waals surface area contributed by atoms with Crippen molar-refractivity contribution in [1.82, 2.24) is 5.32 Å². The molecule has 0 saturated heterocycles. The highest BCUT2D eigenvalue weighted by Crippen LogP contribution is 2.11. The summed E-state index contributed by atoms with van der Waals surface area (Å²) in [6.45, 7) is 0.318. The minimum Gasteiger partial charge on any atom is -0.457 e. The Kier molecular flexibility index (Phi) is 8.71. The molecular formula is C21H22BrNO4. The molecule has 6 heteroatoms. The molecule has 142 valence electrons. The monoisotopic (exact) mass is 431 g/mol. The van der Waals surface area contributed by atoms with Gasteiger partial charge in [0.2, 0.25) is 0 Å². The zero-order chi connectivity index (χ0) is 19.5. The van der Waals surface area contributed by atoms with Crippen LogP contribution in [-0.2, 0) is 9.53 Å². The maximum absolute atomic E-state index is 11.9. The van der Waals surface area contributed by atoms with E-state index in [1.165, 1.54) is 0 Å². The van der Waals surface area contributed by atoms with Crippen LogP contribution in [0.2, 0.25) is 0 Å². The zero-order valence-electron chi connectivity index (χ0n) is 14.9. The van der Waals surface area contributed by atoms with Gasteiger partial charge in [0, 0.05) is 28.6 Å². The molecule has 0 atom stereocenters. The van der Waals surface area contributed by atoms with Gasteiger partial charge >= 0.3 is 5.97 Å². The van der Waals surface area contributed by atoms with Gasteiger partial charge in [0.1, 0.15) is 0 Å². The number of esters is 1. The van der Waals surface area contributed by atoms with Gasteiger partial charge in [0.05, 0.1) is 0 Å². The maximum Gasteiger partial charge on any atom is 0.306 e. The van der Waals surface area contributed by atoms with E-state index in [1.807, 2.05) is 18.2 Å². The Hall–Kier alpha value is -2.47. The van der Waals surface area contributed by atoms with Gasteiger partial charge < -0.3 is 10.1 Å². The second-order valence-corrected chi connectivity index (χ2v) is 6.94. The standard InChI is InChI=1S/C21H22BrNO4/c22-18-12-10-16(11-13-18)19(24)15-27-20(25)9-5-2-6-14-23-21(26)17-7-3-1-4-8-17/h1,3-4,7-8,10-13H,2,5-6,9,14-15H2,(H,23,26).